The maximum Gasteiger partial charge on any atom is 0.140 e. The first-order valence-electron chi connectivity index (χ1n) is 8.64. The Morgan fingerprint density at radius 3 is 2.62 bits per heavy atom. The maximum atomic E-state index is 6.22. The number of nitrogens with two attached hydrogens (primary N) is 1. The van der Waals surface area contributed by atoms with Gasteiger partial charge < -0.3 is 15.2 Å². The van der Waals surface area contributed by atoms with Crippen LogP contribution in [0.2, 0.25) is 0 Å². The standard InChI is InChI=1S/C19H27N3O2S.ClH/c1-19(2)13-22(9-8-17(19)20)10-14-12-25-18(21-14)11-24-16-6-4-15(23-3)5-7-16;/h4-7,12,17H,8-11,13,20H2,1-3H3;1H. The summed E-state index contributed by atoms with van der Waals surface area (Å²) in [5.74, 6) is 1.65. The van der Waals surface area contributed by atoms with Gasteiger partial charge in [0.05, 0.1) is 12.8 Å². The van der Waals surface area contributed by atoms with Gasteiger partial charge in [-0.3, -0.25) is 4.90 Å². The number of thiazole rings is 1. The number of piperidine rings is 1. The van der Waals surface area contributed by atoms with Crippen LogP contribution < -0.4 is 15.2 Å². The van der Waals surface area contributed by atoms with E-state index in [0.29, 0.717) is 6.61 Å². The molecule has 0 amide bonds. The highest BCUT2D eigenvalue weighted by Gasteiger charge is 2.33. The predicted octanol–water partition coefficient (Wildman–Crippen LogP) is 3.71. The number of likely N-dealkylation sites (tertiary alicyclic amines) is 1. The molecule has 1 aliphatic heterocycles. The van der Waals surface area contributed by atoms with Gasteiger partial charge in [-0.2, -0.15) is 0 Å². The molecule has 0 aliphatic carbocycles. The minimum absolute atomic E-state index is 0. The first kappa shape index (κ1) is 21.0. The Labute approximate surface area is 165 Å². The number of ether oxygens (including phenoxy) is 2. The van der Waals surface area contributed by atoms with Gasteiger partial charge in [-0.05, 0) is 36.1 Å². The van der Waals surface area contributed by atoms with Gasteiger partial charge in [0.1, 0.15) is 23.1 Å². The van der Waals surface area contributed by atoms with E-state index in [1.54, 1.807) is 18.4 Å². The average molecular weight is 398 g/mol. The van der Waals surface area contributed by atoms with E-state index in [2.05, 4.69) is 24.1 Å². The topological polar surface area (TPSA) is 60.6 Å². The summed E-state index contributed by atoms with van der Waals surface area (Å²) in [6.07, 6.45) is 1.05. The lowest BCUT2D eigenvalue weighted by Crippen LogP contribution is -2.52. The van der Waals surface area contributed by atoms with Crippen LogP contribution in [0.25, 0.3) is 0 Å². The van der Waals surface area contributed by atoms with Crippen molar-refractivity contribution >= 4 is 23.7 Å². The fraction of sp³-hybridized carbons (Fsp3) is 0.526. The molecule has 2 heterocycles. The lowest BCUT2D eigenvalue weighted by Gasteiger charge is -2.42. The molecule has 1 atom stereocenters. The van der Waals surface area contributed by atoms with Gasteiger partial charge in [-0.15, -0.1) is 23.7 Å². The Morgan fingerprint density at radius 1 is 1.27 bits per heavy atom. The summed E-state index contributed by atoms with van der Waals surface area (Å²) in [6, 6.07) is 7.89. The van der Waals surface area contributed by atoms with E-state index in [1.807, 2.05) is 24.3 Å². The molecule has 1 aliphatic rings. The molecule has 0 bridgehead atoms. The molecule has 5 nitrogen and oxygen atoms in total. The summed E-state index contributed by atoms with van der Waals surface area (Å²) in [6.45, 7) is 7.93. The van der Waals surface area contributed by atoms with Gasteiger partial charge in [0.15, 0.2) is 0 Å². The zero-order chi connectivity index (χ0) is 17.9. The zero-order valence-electron chi connectivity index (χ0n) is 15.6. The number of benzene rings is 1. The second-order valence-electron chi connectivity index (χ2n) is 7.29. The summed E-state index contributed by atoms with van der Waals surface area (Å²) in [5.41, 5.74) is 7.50. The molecule has 144 valence electrons. The monoisotopic (exact) mass is 397 g/mol. The van der Waals surface area contributed by atoms with Crippen molar-refractivity contribution in [2.75, 3.05) is 20.2 Å². The number of nitrogens with zero attached hydrogens (tertiary/aromatic N) is 2. The highest BCUT2D eigenvalue weighted by molar-refractivity contribution is 7.09. The van der Waals surface area contributed by atoms with Gasteiger partial charge in [0.2, 0.25) is 0 Å². The van der Waals surface area contributed by atoms with Crippen LogP contribution in [0, 0.1) is 5.41 Å². The van der Waals surface area contributed by atoms with E-state index < -0.39 is 0 Å². The molecule has 26 heavy (non-hydrogen) atoms. The lowest BCUT2D eigenvalue weighted by molar-refractivity contribution is 0.0890. The largest absolute Gasteiger partial charge is 0.497 e. The van der Waals surface area contributed by atoms with E-state index in [1.165, 1.54) is 0 Å². The van der Waals surface area contributed by atoms with Gasteiger partial charge in [-0.25, -0.2) is 4.98 Å². The molecule has 0 radical (unpaired) electrons. The summed E-state index contributed by atoms with van der Waals surface area (Å²) in [7, 11) is 1.66. The Bertz CT molecular complexity index is 690. The molecule has 7 heteroatoms. The minimum atomic E-state index is 0. The summed E-state index contributed by atoms with van der Waals surface area (Å²) in [5, 5.41) is 3.13. The Balaban J connectivity index is 0.00000243. The second-order valence-corrected chi connectivity index (χ2v) is 8.23. The Kier molecular flexibility index (Phi) is 7.29. The van der Waals surface area contributed by atoms with E-state index in [-0.39, 0.29) is 23.9 Å². The van der Waals surface area contributed by atoms with Crippen molar-refractivity contribution in [1.29, 1.82) is 0 Å². The van der Waals surface area contributed by atoms with E-state index >= 15 is 0 Å². The molecular weight excluding hydrogens is 370 g/mol. The SMILES string of the molecule is COc1ccc(OCc2nc(CN3CCC(N)C(C)(C)C3)cs2)cc1.Cl. The van der Waals surface area contributed by atoms with Crippen LogP contribution in [0.15, 0.2) is 29.6 Å². The fourth-order valence-electron chi connectivity index (χ4n) is 3.15. The van der Waals surface area contributed by atoms with Crippen molar-refractivity contribution in [1.82, 2.24) is 9.88 Å². The molecule has 1 unspecified atom stereocenters. The van der Waals surface area contributed by atoms with E-state index in [9.17, 15) is 0 Å². The molecule has 0 saturated carbocycles. The fourth-order valence-corrected chi connectivity index (χ4v) is 3.85. The highest BCUT2D eigenvalue weighted by Crippen LogP contribution is 2.28. The van der Waals surface area contributed by atoms with Gasteiger partial charge in [-0.1, -0.05) is 13.8 Å². The molecule has 0 spiro atoms. The lowest BCUT2D eigenvalue weighted by atomic mass is 9.80. The van der Waals surface area contributed by atoms with Crippen LogP contribution in [0.4, 0.5) is 0 Å². The molecule has 1 aromatic heterocycles. The normalized spacial score (nSPS) is 19.6. The number of rotatable bonds is 6. The van der Waals surface area contributed by atoms with Crippen molar-refractivity contribution in [3.63, 3.8) is 0 Å². The number of methoxy groups -OCH3 is 1. The highest BCUT2D eigenvalue weighted by atomic mass is 35.5. The average Bonchev–Trinajstić information content (AvgIpc) is 3.04. The minimum Gasteiger partial charge on any atom is -0.497 e. The van der Waals surface area contributed by atoms with Crippen molar-refractivity contribution < 1.29 is 9.47 Å². The molecule has 3 rings (SSSR count). The molecule has 1 aromatic carbocycles. The predicted molar refractivity (Wildman–Crippen MR) is 108 cm³/mol. The Morgan fingerprint density at radius 2 is 1.96 bits per heavy atom. The second kappa shape index (κ2) is 9.04. The molecule has 1 saturated heterocycles. The van der Waals surface area contributed by atoms with Gasteiger partial charge >= 0.3 is 0 Å². The van der Waals surface area contributed by atoms with Crippen molar-refractivity contribution in [3.05, 3.63) is 40.3 Å². The number of halogens is 1. The maximum absolute atomic E-state index is 6.22. The number of hydrogen-bond acceptors (Lipinski definition) is 6. The quantitative estimate of drug-likeness (QED) is 0.805. The third-order valence-electron chi connectivity index (χ3n) is 4.80. The third-order valence-corrected chi connectivity index (χ3v) is 5.67. The number of aromatic nitrogens is 1. The van der Waals surface area contributed by atoms with Crippen LogP contribution in [0.3, 0.4) is 0 Å². The summed E-state index contributed by atoms with van der Waals surface area (Å²) >= 11 is 1.65. The summed E-state index contributed by atoms with van der Waals surface area (Å²) in [4.78, 5) is 7.17. The summed E-state index contributed by atoms with van der Waals surface area (Å²) < 4.78 is 11.0. The van der Waals surface area contributed by atoms with E-state index in [4.69, 9.17) is 20.2 Å². The zero-order valence-corrected chi connectivity index (χ0v) is 17.2. The first-order valence-corrected chi connectivity index (χ1v) is 9.52. The van der Waals surface area contributed by atoms with Crippen molar-refractivity contribution in [3.8, 4) is 11.5 Å². The van der Waals surface area contributed by atoms with Crippen molar-refractivity contribution in [2.24, 2.45) is 11.1 Å². The molecular formula is C19H28ClN3O2S. The molecule has 2 aromatic rings. The smallest absolute Gasteiger partial charge is 0.140 e. The van der Waals surface area contributed by atoms with Crippen LogP contribution in [-0.2, 0) is 13.2 Å². The van der Waals surface area contributed by atoms with Gasteiger partial charge in [0, 0.05) is 31.1 Å². The molecule has 2 N–H and O–H groups in total. The van der Waals surface area contributed by atoms with Crippen LogP contribution in [0.1, 0.15) is 31.0 Å². The van der Waals surface area contributed by atoms with Crippen LogP contribution in [0.5, 0.6) is 11.5 Å². The van der Waals surface area contributed by atoms with Crippen LogP contribution >= 0.6 is 23.7 Å². The Hall–Kier alpha value is -1.34. The number of hydrogen-bond donors (Lipinski definition) is 1. The third kappa shape index (κ3) is 5.33. The van der Waals surface area contributed by atoms with Crippen molar-refractivity contribution in [2.45, 2.75) is 39.5 Å². The van der Waals surface area contributed by atoms with E-state index in [0.717, 1.165) is 48.3 Å². The van der Waals surface area contributed by atoms with Gasteiger partial charge in [0.25, 0.3) is 0 Å². The molecule has 1 fully saturated rings. The van der Waals surface area contributed by atoms with Crippen LogP contribution in [-0.4, -0.2) is 36.1 Å². The first-order chi connectivity index (χ1) is 12.0.